The van der Waals surface area contributed by atoms with Gasteiger partial charge in [-0.15, -0.1) is 0 Å². The number of allylic oxidation sites excluding steroid dienone is 5. The highest BCUT2D eigenvalue weighted by Crippen LogP contribution is 2.39. The van der Waals surface area contributed by atoms with Crippen LogP contribution in [0.25, 0.3) is 6.08 Å². The van der Waals surface area contributed by atoms with Gasteiger partial charge < -0.3 is 4.74 Å². The van der Waals surface area contributed by atoms with Gasteiger partial charge in [-0.05, 0) is 22.3 Å². The van der Waals surface area contributed by atoms with Crippen LogP contribution in [0.15, 0.2) is 48.1 Å². The van der Waals surface area contributed by atoms with Crippen LogP contribution in [0.5, 0.6) is 0 Å². The average Bonchev–Trinajstić information content (AvgIpc) is 2.74. The Kier molecular flexibility index (Phi) is 2.41. The van der Waals surface area contributed by atoms with E-state index in [0.717, 1.165) is 5.56 Å². The first-order valence-electron chi connectivity index (χ1n) is 5.63. The number of carbonyl (C=O) groups is 1. The van der Waals surface area contributed by atoms with Gasteiger partial charge in [0.2, 0.25) is 0 Å². The van der Waals surface area contributed by atoms with E-state index in [2.05, 4.69) is 42.5 Å². The molecule has 1 atom stereocenters. The van der Waals surface area contributed by atoms with Gasteiger partial charge in [-0.25, -0.2) is 0 Å². The molecule has 0 heterocycles. The molecular weight excluding hydrogens is 212 g/mol. The smallest absolute Gasteiger partial charge is 0.293 e. The van der Waals surface area contributed by atoms with Crippen LogP contribution < -0.4 is 0 Å². The first kappa shape index (κ1) is 10.1. The quantitative estimate of drug-likeness (QED) is 0.738. The van der Waals surface area contributed by atoms with Gasteiger partial charge in [-0.2, -0.15) is 0 Å². The van der Waals surface area contributed by atoms with Crippen LogP contribution in [-0.2, 0) is 16.1 Å². The third-order valence-electron chi connectivity index (χ3n) is 3.19. The summed E-state index contributed by atoms with van der Waals surface area (Å²) in [6, 6.07) is 6.21. The van der Waals surface area contributed by atoms with E-state index in [1.165, 1.54) is 16.7 Å². The lowest BCUT2D eigenvalue weighted by Crippen LogP contribution is -1.98. The Balaban J connectivity index is 1.95. The minimum atomic E-state index is 0.346. The second-order valence-corrected chi connectivity index (χ2v) is 4.24. The fourth-order valence-electron chi connectivity index (χ4n) is 2.40. The lowest BCUT2D eigenvalue weighted by atomic mass is 9.91. The number of benzene rings is 1. The third kappa shape index (κ3) is 1.72. The van der Waals surface area contributed by atoms with Crippen LogP contribution in [0, 0.1) is 0 Å². The van der Waals surface area contributed by atoms with Crippen molar-refractivity contribution in [3.8, 4) is 0 Å². The molecule has 17 heavy (non-hydrogen) atoms. The molecule has 0 radical (unpaired) electrons. The fourth-order valence-corrected chi connectivity index (χ4v) is 2.40. The molecule has 0 aromatic heterocycles. The van der Waals surface area contributed by atoms with E-state index in [-0.39, 0.29) is 0 Å². The van der Waals surface area contributed by atoms with E-state index >= 15 is 0 Å². The predicted octanol–water partition coefficient (Wildman–Crippen LogP) is 2.97. The zero-order chi connectivity index (χ0) is 11.7. The van der Waals surface area contributed by atoms with Gasteiger partial charge in [0.05, 0.1) is 0 Å². The Morgan fingerprint density at radius 1 is 1.29 bits per heavy atom. The summed E-state index contributed by atoms with van der Waals surface area (Å²) in [5, 5.41) is 0. The van der Waals surface area contributed by atoms with E-state index in [4.69, 9.17) is 4.74 Å². The molecule has 2 nitrogen and oxygen atoms in total. The van der Waals surface area contributed by atoms with Crippen molar-refractivity contribution >= 4 is 12.5 Å². The molecule has 2 aliphatic carbocycles. The van der Waals surface area contributed by atoms with Gasteiger partial charge in [0.15, 0.2) is 0 Å². The Morgan fingerprint density at radius 3 is 3.12 bits per heavy atom. The maximum absolute atomic E-state index is 10.2. The van der Waals surface area contributed by atoms with Crippen molar-refractivity contribution in [3.05, 3.63) is 64.8 Å². The van der Waals surface area contributed by atoms with Gasteiger partial charge in [0.25, 0.3) is 6.47 Å². The molecule has 0 saturated carbocycles. The Morgan fingerprint density at radius 2 is 2.24 bits per heavy atom. The van der Waals surface area contributed by atoms with E-state index in [9.17, 15) is 4.79 Å². The molecule has 0 spiro atoms. The van der Waals surface area contributed by atoms with Crippen LogP contribution in [0.4, 0.5) is 0 Å². The summed E-state index contributed by atoms with van der Waals surface area (Å²) in [5.41, 5.74) is 4.92. The maximum Gasteiger partial charge on any atom is 0.293 e. The van der Waals surface area contributed by atoms with Crippen LogP contribution in [-0.4, -0.2) is 6.47 Å². The van der Waals surface area contributed by atoms with Crippen molar-refractivity contribution in [1.29, 1.82) is 0 Å². The number of fused-ring (bicyclic) bond motifs is 3. The number of ether oxygens (including phenoxy) is 1. The van der Waals surface area contributed by atoms with Crippen molar-refractivity contribution in [2.24, 2.45) is 0 Å². The monoisotopic (exact) mass is 224 g/mol. The van der Waals surface area contributed by atoms with Gasteiger partial charge in [-0.1, -0.05) is 48.6 Å². The lowest BCUT2D eigenvalue weighted by molar-refractivity contribution is -0.129. The lowest BCUT2D eigenvalue weighted by Gasteiger charge is -2.13. The largest absolute Gasteiger partial charge is 0.463 e. The van der Waals surface area contributed by atoms with Crippen molar-refractivity contribution in [1.82, 2.24) is 0 Å². The number of hydrogen-bond acceptors (Lipinski definition) is 2. The third-order valence-corrected chi connectivity index (χ3v) is 3.19. The normalized spacial score (nSPS) is 19.5. The minimum absolute atomic E-state index is 0.346. The van der Waals surface area contributed by atoms with Crippen LogP contribution in [0.3, 0.4) is 0 Å². The Hall–Kier alpha value is -2.09. The Bertz CT molecular complexity index is 550. The number of carbonyl (C=O) groups excluding carboxylic acids is 1. The van der Waals surface area contributed by atoms with Crippen LogP contribution in [0.2, 0.25) is 0 Å². The first-order valence-corrected chi connectivity index (χ1v) is 5.63. The molecular formula is C15H12O2. The molecule has 2 aliphatic rings. The molecule has 0 N–H and O–H groups in total. The molecule has 0 bridgehead atoms. The van der Waals surface area contributed by atoms with Gasteiger partial charge in [0, 0.05) is 5.92 Å². The molecule has 3 rings (SSSR count). The summed E-state index contributed by atoms with van der Waals surface area (Å²) in [6.45, 7) is 0.832. The SMILES string of the molecule is O=COCc1ccc2c(c1)C1C=CC=CC1=C2. The second-order valence-electron chi connectivity index (χ2n) is 4.24. The summed E-state index contributed by atoms with van der Waals surface area (Å²) in [4.78, 5) is 10.2. The van der Waals surface area contributed by atoms with E-state index in [1.54, 1.807) is 0 Å². The molecule has 0 amide bonds. The van der Waals surface area contributed by atoms with Crippen molar-refractivity contribution < 1.29 is 9.53 Å². The van der Waals surface area contributed by atoms with E-state index in [1.807, 2.05) is 6.07 Å². The van der Waals surface area contributed by atoms with Crippen LogP contribution >= 0.6 is 0 Å². The molecule has 0 fully saturated rings. The number of hydrogen-bond donors (Lipinski definition) is 0. The predicted molar refractivity (Wildman–Crippen MR) is 66.3 cm³/mol. The molecule has 0 aliphatic heterocycles. The number of rotatable bonds is 3. The van der Waals surface area contributed by atoms with Gasteiger partial charge in [-0.3, -0.25) is 4.79 Å². The summed E-state index contributed by atoms with van der Waals surface area (Å²) >= 11 is 0. The highest BCUT2D eigenvalue weighted by atomic mass is 16.5. The van der Waals surface area contributed by atoms with E-state index < -0.39 is 0 Å². The minimum Gasteiger partial charge on any atom is -0.463 e. The molecule has 0 saturated heterocycles. The zero-order valence-corrected chi connectivity index (χ0v) is 9.30. The van der Waals surface area contributed by atoms with Gasteiger partial charge in [0.1, 0.15) is 6.61 Å². The maximum atomic E-state index is 10.2. The molecule has 1 aromatic carbocycles. The fraction of sp³-hybridized carbons (Fsp3) is 0.133. The van der Waals surface area contributed by atoms with Gasteiger partial charge >= 0.3 is 0 Å². The summed E-state index contributed by atoms with van der Waals surface area (Å²) < 4.78 is 4.79. The van der Waals surface area contributed by atoms with Crippen molar-refractivity contribution in [2.75, 3.05) is 0 Å². The zero-order valence-electron chi connectivity index (χ0n) is 9.30. The molecule has 1 unspecified atom stereocenters. The summed E-state index contributed by atoms with van der Waals surface area (Å²) in [6.07, 6.45) is 10.7. The first-order chi connectivity index (χ1) is 8.38. The summed E-state index contributed by atoms with van der Waals surface area (Å²) in [5.74, 6) is 0.367. The van der Waals surface area contributed by atoms with Crippen LogP contribution in [0.1, 0.15) is 22.6 Å². The molecule has 84 valence electrons. The average molecular weight is 224 g/mol. The van der Waals surface area contributed by atoms with E-state index in [0.29, 0.717) is 19.0 Å². The standard InChI is InChI=1S/C15H12O2/c16-10-17-9-11-5-6-13-8-12-3-1-2-4-14(12)15(13)7-11/h1-8,10,14H,9H2. The molecule has 2 heteroatoms. The van der Waals surface area contributed by atoms with Crippen molar-refractivity contribution in [3.63, 3.8) is 0 Å². The highest BCUT2D eigenvalue weighted by molar-refractivity contribution is 5.72. The summed E-state index contributed by atoms with van der Waals surface area (Å²) in [7, 11) is 0. The second kappa shape index (κ2) is 4.06. The van der Waals surface area contributed by atoms with Crippen molar-refractivity contribution in [2.45, 2.75) is 12.5 Å². The topological polar surface area (TPSA) is 26.3 Å². The molecule has 1 aromatic rings. The highest BCUT2D eigenvalue weighted by Gasteiger charge is 2.22. The Labute approximate surface area is 99.9 Å².